The normalized spacial score (nSPS) is 21.5. The Morgan fingerprint density at radius 1 is 1.45 bits per heavy atom. The van der Waals surface area contributed by atoms with Crippen molar-refractivity contribution >= 4 is 27.3 Å². The van der Waals surface area contributed by atoms with Crippen LogP contribution in [0.25, 0.3) is 0 Å². The summed E-state index contributed by atoms with van der Waals surface area (Å²) in [5.74, 6) is -0.526. The first-order chi connectivity index (χ1) is 9.41. The molecule has 2 rings (SSSR count). The maximum atomic E-state index is 11.7. The van der Waals surface area contributed by atoms with Crippen molar-refractivity contribution in [3.8, 4) is 0 Å². The van der Waals surface area contributed by atoms with E-state index in [1.54, 1.807) is 13.0 Å². The Morgan fingerprint density at radius 2 is 2.20 bits per heavy atom. The third-order valence-electron chi connectivity index (χ3n) is 3.28. The van der Waals surface area contributed by atoms with Crippen molar-refractivity contribution in [3.63, 3.8) is 0 Å². The number of nitrogens with one attached hydrogen (secondary N) is 1. The molecule has 20 heavy (non-hydrogen) atoms. The molecular weight excluding hydrogens is 298 g/mol. The average molecular weight is 316 g/mol. The Labute approximate surface area is 124 Å². The molecule has 1 fully saturated rings. The summed E-state index contributed by atoms with van der Waals surface area (Å²) >= 11 is 5.93. The Morgan fingerprint density at radius 3 is 2.85 bits per heavy atom. The molecule has 1 aromatic rings. The monoisotopic (exact) mass is 315 g/mol. The van der Waals surface area contributed by atoms with E-state index in [2.05, 4.69) is 5.32 Å². The predicted molar refractivity (Wildman–Crippen MR) is 79.7 cm³/mol. The summed E-state index contributed by atoms with van der Waals surface area (Å²) in [6.45, 7) is 1.78. The number of sulfone groups is 1. The minimum absolute atomic E-state index is 0.0257. The van der Waals surface area contributed by atoms with E-state index in [4.69, 9.17) is 11.6 Å². The highest BCUT2D eigenvalue weighted by molar-refractivity contribution is 7.92. The van der Waals surface area contributed by atoms with Crippen LogP contribution in [0.2, 0.25) is 5.02 Å². The van der Waals surface area contributed by atoms with Crippen LogP contribution in [0.3, 0.4) is 0 Å². The molecule has 0 heterocycles. The van der Waals surface area contributed by atoms with Crippen molar-refractivity contribution in [2.75, 3.05) is 11.5 Å². The summed E-state index contributed by atoms with van der Waals surface area (Å²) in [7, 11) is -3.27. The van der Waals surface area contributed by atoms with Crippen LogP contribution in [0, 0.1) is 0 Å². The van der Waals surface area contributed by atoms with Crippen LogP contribution in [0.15, 0.2) is 24.3 Å². The summed E-state index contributed by atoms with van der Waals surface area (Å²) in [5, 5.41) is 3.45. The molecule has 6 heteroatoms. The number of hydrogen-bond donors (Lipinski definition) is 1. The van der Waals surface area contributed by atoms with Crippen LogP contribution in [0.5, 0.6) is 0 Å². The van der Waals surface area contributed by atoms with Gasteiger partial charge in [0.15, 0.2) is 9.84 Å². The van der Waals surface area contributed by atoms with Crippen molar-refractivity contribution in [3.05, 3.63) is 34.9 Å². The van der Waals surface area contributed by atoms with E-state index in [9.17, 15) is 13.2 Å². The highest BCUT2D eigenvalue weighted by Gasteiger charge is 2.39. The Kier molecular flexibility index (Phi) is 4.70. The van der Waals surface area contributed by atoms with Gasteiger partial charge in [-0.25, -0.2) is 8.42 Å². The summed E-state index contributed by atoms with van der Waals surface area (Å²) in [6.07, 6.45) is 1.37. The minimum Gasteiger partial charge on any atom is -0.352 e. The van der Waals surface area contributed by atoms with E-state index in [-0.39, 0.29) is 17.7 Å². The fourth-order valence-corrected chi connectivity index (χ4v) is 3.74. The van der Waals surface area contributed by atoms with Crippen LogP contribution in [-0.2, 0) is 14.6 Å². The Balaban J connectivity index is 1.86. The third-order valence-corrected chi connectivity index (χ3v) is 5.25. The second-order valence-electron chi connectivity index (χ2n) is 5.16. The zero-order valence-corrected chi connectivity index (χ0v) is 12.9. The van der Waals surface area contributed by atoms with Crippen LogP contribution in [0.4, 0.5) is 0 Å². The molecule has 0 spiro atoms. The quantitative estimate of drug-likeness (QED) is 0.874. The van der Waals surface area contributed by atoms with Gasteiger partial charge in [-0.05, 0) is 30.5 Å². The molecule has 4 nitrogen and oxygen atoms in total. The lowest BCUT2D eigenvalue weighted by molar-refractivity contribution is -0.118. The maximum Gasteiger partial charge on any atom is 0.235 e. The first-order valence-electron chi connectivity index (χ1n) is 6.66. The molecule has 1 saturated carbocycles. The van der Waals surface area contributed by atoms with E-state index >= 15 is 0 Å². The lowest BCUT2D eigenvalue weighted by atomic mass is 10.1. The number of benzene rings is 1. The number of halogens is 1. The highest BCUT2D eigenvalue weighted by Crippen LogP contribution is 2.41. The van der Waals surface area contributed by atoms with Crippen molar-refractivity contribution in [1.29, 1.82) is 0 Å². The third kappa shape index (κ3) is 4.21. The van der Waals surface area contributed by atoms with Crippen molar-refractivity contribution in [1.82, 2.24) is 5.32 Å². The fraction of sp³-hybridized carbons (Fsp3) is 0.500. The first kappa shape index (κ1) is 15.3. The number of amides is 1. The molecule has 0 unspecified atom stereocenters. The van der Waals surface area contributed by atoms with Crippen molar-refractivity contribution in [2.24, 2.45) is 0 Å². The molecule has 1 aliphatic carbocycles. The number of hydrogen-bond acceptors (Lipinski definition) is 3. The van der Waals surface area contributed by atoms with Crippen LogP contribution in [0.1, 0.15) is 31.2 Å². The van der Waals surface area contributed by atoms with Gasteiger partial charge in [-0.2, -0.15) is 0 Å². The number of rotatable bonds is 6. The molecular formula is C14H18ClNO3S. The molecule has 0 aromatic heterocycles. The van der Waals surface area contributed by atoms with Crippen LogP contribution >= 0.6 is 11.6 Å². The van der Waals surface area contributed by atoms with Gasteiger partial charge in [0.05, 0.1) is 5.75 Å². The van der Waals surface area contributed by atoms with Gasteiger partial charge in [-0.1, -0.05) is 30.7 Å². The van der Waals surface area contributed by atoms with Crippen LogP contribution in [-0.4, -0.2) is 31.9 Å². The standard InChI is InChI=1S/C14H18ClNO3S/c1-2-6-20(18,19)9-14(17)16-13-8-12(13)10-4-3-5-11(15)7-10/h3-5,7,12-13H,2,6,8-9H2,1H3,(H,16,17)/t12-,13+/m1/s1. The topological polar surface area (TPSA) is 63.2 Å². The largest absolute Gasteiger partial charge is 0.352 e. The second kappa shape index (κ2) is 6.14. The maximum absolute atomic E-state index is 11.7. The second-order valence-corrected chi connectivity index (χ2v) is 7.78. The Hall–Kier alpha value is -1.07. The fourth-order valence-electron chi connectivity index (χ4n) is 2.29. The minimum atomic E-state index is -3.27. The molecule has 2 atom stereocenters. The lowest BCUT2D eigenvalue weighted by Gasteiger charge is -2.06. The van der Waals surface area contributed by atoms with E-state index in [1.807, 2.05) is 18.2 Å². The zero-order valence-electron chi connectivity index (χ0n) is 11.3. The molecule has 0 bridgehead atoms. The van der Waals surface area contributed by atoms with Crippen molar-refractivity contribution in [2.45, 2.75) is 31.7 Å². The predicted octanol–water partition coefficient (Wildman–Crippen LogP) is 2.14. The van der Waals surface area contributed by atoms with Gasteiger partial charge in [0.2, 0.25) is 5.91 Å². The summed E-state index contributed by atoms with van der Waals surface area (Å²) in [5.41, 5.74) is 1.08. The van der Waals surface area contributed by atoms with Gasteiger partial charge in [0.25, 0.3) is 0 Å². The summed E-state index contributed by atoms with van der Waals surface area (Å²) in [4.78, 5) is 11.7. The van der Waals surface area contributed by atoms with E-state index in [0.29, 0.717) is 11.4 Å². The first-order valence-corrected chi connectivity index (χ1v) is 8.86. The lowest BCUT2D eigenvalue weighted by Crippen LogP contribution is -2.33. The molecule has 1 aliphatic rings. The number of carbonyl (C=O) groups is 1. The molecule has 1 amide bonds. The summed E-state index contributed by atoms with van der Waals surface area (Å²) < 4.78 is 23.1. The smallest absolute Gasteiger partial charge is 0.235 e. The van der Waals surface area contributed by atoms with Gasteiger partial charge in [-0.15, -0.1) is 0 Å². The zero-order chi connectivity index (χ0) is 14.8. The molecule has 0 aliphatic heterocycles. The van der Waals surface area contributed by atoms with Gasteiger partial charge in [0.1, 0.15) is 5.75 Å². The van der Waals surface area contributed by atoms with Gasteiger partial charge in [0, 0.05) is 17.0 Å². The molecule has 0 saturated heterocycles. The molecule has 1 N–H and O–H groups in total. The SMILES string of the molecule is CCCS(=O)(=O)CC(=O)N[C@H]1C[C@@H]1c1cccc(Cl)c1. The highest BCUT2D eigenvalue weighted by atomic mass is 35.5. The molecule has 1 aromatic carbocycles. The summed E-state index contributed by atoms with van der Waals surface area (Å²) in [6, 6.07) is 7.56. The van der Waals surface area contributed by atoms with Gasteiger partial charge >= 0.3 is 0 Å². The van der Waals surface area contributed by atoms with Crippen LogP contribution < -0.4 is 5.32 Å². The number of carbonyl (C=O) groups excluding carboxylic acids is 1. The van der Waals surface area contributed by atoms with Crippen molar-refractivity contribution < 1.29 is 13.2 Å². The Bertz CT molecular complexity index is 600. The average Bonchev–Trinajstić information content (AvgIpc) is 3.07. The molecule has 110 valence electrons. The molecule has 0 radical (unpaired) electrons. The van der Waals surface area contributed by atoms with E-state index in [0.717, 1.165) is 12.0 Å². The van der Waals surface area contributed by atoms with Gasteiger partial charge in [-0.3, -0.25) is 4.79 Å². The van der Waals surface area contributed by atoms with E-state index in [1.165, 1.54) is 0 Å². The van der Waals surface area contributed by atoms with Gasteiger partial charge < -0.3 is 5.32 Å². The van der Waals surface area contributed by atoms with E-state index < -0.39 is 21.5 Å².